The van der Waals surface area contributed by atoms with Crippen molar-refractivity contribution < 1.29 is 22.8 Å². The molecule has 0 aliphatic carbocycles. The molecule has 4 aromatic rings. The molecule has 4 rings (SSSR count). The molecule has 0 unspecified atom stereocenters. The lowest BCUT2D eigenvalue weighted by atomic mass is 9.96. The van der Waals surface area contributed by atoms with Gasteiger partial charge >= 0.3 is 6.18 Å². The van der Waals surface area contributed by atoms with Crippen LogP contribution in [0.5, 0.6) is 0 Å². The number of likely N-dealkylation sites (N-methyl/N-ethyl adjacent to an activating group) is 1. The molecule has 10 nitrogen and oxygen atoms in total. The monoisotopic (exact) mass is 663 g/mol. The van der Waals surface area contributed by atoms with Crippen LogP contribution in [0.15, 0.2) is 65.6 Å². The van der Waals surface area contributed by atoms with Gasteiger partial charge in [0, 0.05) is 20.6 Å². The fourth-order valence-corrected chi connectivity index (χ4v) is 6.06. The van der Waals surface area contributed by atoms with Gasteiger partial charge in [0.25, 0.3) is 11.5 Å². The first-order chi connectivity index (χ1) is 22.6. The summed E-state index contributed by atoms with van der Waals surface area (Å²) in [6.07, 6.45) is 0.626. The molecule has 0 saturated carbocycles. The first-order valence-electron chi connectivity index (χ1n) is 15.8. The summed E-state index contributed by atoms with van der Waals surface area (Å²) in [5.74, 6) is -0.941. The van der Waals surface area contributed by atoms with Gasteiger partial charge in [0.1, 0.15) is 16.8 Å². The third-order valence-corrected chi connectivity index (χ3v) is 8.27. The SMILES string of the molecule is CCCC(CCC)CN(C)C(=O)C(C)(C)NC(=O)c1c(-c2ccnn2-c2ccc(C#N)cc2)n(C)n(-c2cccc(C(F)(F)F)c2)c1=O. The predicted molar refractivity (Wildman–Crippen MR) is 176 cm³/mol. The summed E-state index contributed by atoms with van der Waals surface area (Å²) in [7, 11) is 3.13. The number of carbonyl (C=O) groups is 2. The van der Waals surface area contributed by atoms with E-state index in [2.05, 4.69) is 24.3 Å². The number of carbonyl (C=O) groups excluding carboxylic acids is 2. The van der Waals surface area contributed by atoms with Crippen LogP contribution < -0.4 is 10.9 Å². The lowest BCUT2D eigenvalue weighted by Crippen LogP contribution is -2.56. The van der Waals surface area contributed by atoms with E-state index in [1.807, 2.05) is 6.07 Å². The third-order valence-electron chi connectivity index (χ3n) is 8.27. The smallest absolute Gasteiger partial charge is 0.343 e. The Bertz CT molecular complexity index is 1870. The number of benzene rings is 2. The number of nitrogens with zero attached hydrogens (tertiary/aromatic N) is 6. The number of nitriles is 1. The maximum atomic E-state index is 14.2. The number of alkyl halides is 3. The van der Waals surface area contributed by atoms with E-state index in [-0.39, 0.29) is 28.5 Å². The topological polar surface area (TPSA) is 118 Å². The lowest BCUT2D eigenvalue weighted by Gasteiger charge is -2.32. The normalized spacial score (nSPS) is 11.9. The first-order valence-corrected chi connectivity index (χ1v) is 15.8. The van der Waals surface area contributed by atoms with Crippen molar-refractivity contribution in [3.63, 3.8) is 0 Å². The highest BCUT2D eigenvalue weighted by molar-refractivity contribution is 6.03. The molecule has 2 heterocycles. The summed E-state index contributed by atoms with van der Waals surface area (Å²) in [6.45, 7) is 7.78. The fraction of sp³-hybridized carbons (Fsp3) is 0.400. The van der Waals surface area contributed by atoms with Crippen LogP contribution in [0, 0.1) is 17.2 Å². The van der Waals surface area contributed by atoms with Crippen LogP contribution >= 0.6 is 0 Å². The Labute approximate surface area is 277 Å². The first kappa shape index (κ1) is 35.7. The number of hydrogen-bond donors (Lipinski definition) is 1. The highest BCUT2D eigenvalue weighted by atomic mass is 19.4. The molecule has 0 saturated heterocycles. The highest BCUT2D eigenvalue weighted by Crippen LogP contribution is 2.31. The van der Waals surface area contributed by atoms with Crippen molar-refractivity contribution >= 4 is 11.8 Å². The molecule has 0 fully saturated rings. The fourth-order valence-electron chi connectivity index (χ4n) is 6.06. The number of hydrogen-bond acceptors (Lipinski definition) is 5. The average molecular weight is 664 g/mol. The largest absolute Gasteiger partial charge is 0.416 e. The molecule has 0 spiro atoms. The van der Waals surface area contributed by atoms with E-state index in [1.165, 1.54) is 34.7 Å². The van der Waals surface area contributed by atoms with E-state index in [4.69, 9.17) is 0 Å². The average Bonchev–Trinajstić information content (AvgIpc) is 3.61. The van der Waals surface area contributed by atoms with Gasteiger partial charge in [-0.15, -0.1) is 0 Å². The zero-order valence-electron chi connectivity index (χ0n) is 27.9. The summed E-state index contributed by atoms with van der Waals surface area (Å²) in [5, 5.41) is 16.3. The maximum absolute atomic E-state index is 14.2. The molecule has 2 amide bonds. The van der Waals surface area contributed by atoms with Gasteiger partial charge in [-0.25, -0.2) is 9.36 Å². The number of rotatable bonds is 12. The van der Waals surface area contributed by atoms with Crippen molar-refractivity contribution in [2.24, 2.45) is 13.0 Å². The van der Waals surface area contributed by atoms with Crippen molar-refractivity contribution in [3.8, 4) is 28.8 Å². The van der Waals surface area contributed by atoms with E-state index in [9.17, 15) is 32.8 Å². The Balaban J connectivity index is 1.84. The van der Waals surface area contributed by atoms with Gasteiger partial charge in [0.2, 0.25) is 5.91 Å². The highest BCUT2D eigenvalue weighted by Gasteiger charge is 2.37. The molecule has 0 radical (unpaired) electrons. The minimum Gasteiger partial charge on any atom is -0.343 e. The van der Waals surface area contributed by atoms with Crippen LogP contribution in [-0.4, -0.2) is 55.0 Å². The van der Waals surface area contributed by atoms with Crippen LogP contribution in [0.25, 0.3) is 22.8 Å². The Morgan fingerprint density at radius 2 is 1.67 bits per heavy atom. The molecular formula is C35H40F3N7O3. The molecule has 0 aliphatic heterocycles. The van der Waals surface area contributed by atoms with Gasteiger partial charge in [0.15, 0.2) is 0 Å². The van der Waals surface area contributed by atoms with E-state index in [0.717, 1.165) is 42.5 Å². The maximum Gasteiger partial charge on any atom is 0.416 e. The van der Waals surface area contributed by atoms with Crippen molar-refractivity contribution in [3.05, 3.63) is 87.8 Å². The predicted octanol–water partition coefficient (Wildman–Crippen LogP) is 6.10. The van der Waals surface area contributed by atoms with E-state index >= 15 is 0 Å². The molecule has 1 N–H and O–H groups in total. The van der Waals surface area contributed by atoms with Crippen molar-refractivity contribution in [1.82, 2.24) is 29.4 Å². The molecule has 0 atom stereocenters. The van der Waals surface area contributed by atoms with Crippen LogP contribution in [0.4, 0.5) is 13.2 Å². The number of nitrogens with one attached hydrogen (secondary N) is 1. The number of aromatic nitrogens is 4. The van der Waals surface area contributed by atoms with Crippen molar-refractivity contribution in [1.29, 1.82) is 5.26 Å². The summed E-state index contributed by atoms with van der Waals surface area (Å²) in [4.78, 5) is 43.6. The van der Waals surface area contributed by atoms with Crippen LogP contribution in [0.3, 0.4) is 0 Å². The molecule has 13 heteroatoms. The minimum absolute atomic E-state index is 0.0549. The van der Waals surface area contributed by atoms with Gasteiger partial charge in [0.05, 0.1) is 40.5 Å². The van der Waals surface area contributed by atoms with E-state index < -0.39 is 28.7 Å². The van der Waals surface area contributed by atoms with Gasteiger partial charge in [-0.2, -0.15) is 23.5 Å². The lowest BCUT2D eigenvalue weighted by molar-refractivity contribution is -0.137. The van der Waals surface area contributed by atoms with E-state index in [0.29, 0.717) is 23.7 Å². The Morgan fingerprint density at radius 1 is 1.02 bits per heavy atom. The van der Waals surface area contributed by atoms with Crippen molar-refractivity contribution in [2.75, 3.05) is 13.6 Å². The number of halogens is 3. The van der Waals surface area contributed by atoms with Gasteiger partial charge < -0.3 is 10.2 Å². The summed E-state index contributed by atoms with van der Waals surface area (Å²) >= 11 is 0. The zero-order valence-corrected chi connectivity index (χ0v) is 27.9. The summed E-state index contributed by atoms with van der Waals surface area (Å²) in [5.41, 5.74) is -2.56. The van der Waals surface area contributed by atoms with Crippen LogP contribution in [0.2, 0.25) is 0 Å². The quantitative estimate of drug-likeness (QED) is 0.197. The third kappa shape index (κ3) is 7.38. The zero-order chi connectivity index (χ0) is 35.4. The van der Waals surface area contributed by atoms with Crippen LogP contribution in [0.1, 0.15) is 74.9 Å². The summed E-state index contributed by atoms with van der Waals surface area (Å²) in [6, 6.07) is 14.3. The van der Waals surface area contributed by atoms with Gasteiger partial charge in [-0.1, -0.05) is 32.8 Å². The standard InChI is InChI=1S/C35H40F3N7O3/c1-7-10-24(11-8-2)22-42(5)33(48)34(3,4)41-31(46)29-30(28-18-19-40-44(28)26-16-14-23(21-39)15-17-26)43(6)45(32(29)47)27-13-9-12-25(20-27)35(36,37)38/h9,12-20,24H,7-8,10-11,22H2,1-6H3,(H,41,46). The molecular weight excluding hydrogens is 623 g/mol. The minimum atomic E-state index is -4.67. The molecule has 2 aromatic heterocycles. The molecule has 2 aromatic carbocycles. The Kier molecular flexibility index (Phi) is 10.7. The molecule has 48 heavy (non-hydrogen) atoms. The van der Waals surface area contributed by atoms with Gasteiger partial charge in [-0.05, 0) is 81.1 Å². The Morgan fingerprint density at radius 3 is 2.25 bits per heavy atom. The number of amides is 2. The molecule has 0 aliphatic rings. The molecule has 0 bridgehead atoms. The van der Waals surface area contributed by atoms with Crippen molar-refractivity contribution in [2.45, 2.75) is 65.1 Å². The molecule has 254 valence electrons. The Hall–Kier alpha value is -5.12. The van der Waals surface area contributed by atoms with E-state index in [1.54, 1.807) is 56.1 Å². The van der Waals surface area contributed by atoms with Crippen LogP contribution in [-0.2, 0) is 18.0 Å². The second kappa shape index (κ2) is 14.3. The summed E-state index contributed by atoms with van der Waals surface area (Å²) < 4.78 is 44.8. The second-order valence-corrected chi connectivity index (χ2v) is 12.4. The van der Waals surface area contributed by atoms with Gasteiger partial charge in [-0.3, -0.25) is 19.1 Å². The second-order valence-electron chi connectivity index (χ2n) is 12.4.